The lowest BCUT2D eigenvalue weighted by molar-refractivity contribution is 0.0520. The van der Waals surface area contributed by atoms with Gasteiger partial charge in [-0.2, -0.15) is 0 Å². The summed E-state index contributed by atoms with van der Waals surface area (Å²) in [5.41, 5.74) is 0. The number of hydrogen-bond donors (Lipinski definition) is 0. The van der Waals surface area contributed by atoms with Gasteiger partial charge >= 0.3 is 6.09 Å². The number of rotatable bonds is 4. The van der Waals surface area contributed by atoms with Crippen molar-refractivity contribution in [1.82, 2.24) is 4.90 Å². The van der Waals surface area contributed by atoms with Crippen LogP contribution < -0.4 is 4.74 Å². The molecule has 1 heterocycles. The zero-order valence-electron chi connectivity index (χ0n) is 11.0. The van der Waals surface area contributed by atoms with Crippen LogP contribution in [0.1, 0.15) is 19.3 Å². The van der Waals surface area contributed by atoms with Crippen molar-refractivity contribution in [2.24, 2.45) is 5.92 Å². The van der Waals surface area contributed by atoms with E-state index in [4.69, 9.17) is 9.47 Å². The summed E-state index contributed by atoms with van der Waals surface area (Å²) in [6.07, 6.45) is 3.42. The molecule has 4 heteroatoms. The highest BCUT2D eigenvalue weighted by atomic mass is 16.6. The van der Waals surface area contributed by atoms with Crippen molar-refractivity contribution in [2.75, 3.05) is 19.7 Å². The SMILES string of the molecule is O=C(Oc1ccccc1)N1CC[C@H](OCC2CC2)C1. The summed E-state index contributed by atoms with van der Waals surface area (Å²) < 4.78 is 11.1. The fourth-order valence-corrected chi connectivity index (χ4v) is 2.24. The fourth-order valence-electron chi connectivity index (χ4n) is 2.24. The smallest absolute Gasteiger partial charge is 0.410 e. The Morgan fingerprint density at radius 1 is 1.21 bits per heavy atom. The first-order valence-electron chi connectivity index (χ1n) is 6.94. The van der Waals surface area contributed by atoms with Crippen LogP contribution in [0.3, 0.4) is 0 Å². The molecule has 1 aromatic carbocycles. The lowest BCUT2D eigenvalue weighted by Crippen LogP contribution is -2.32. The van der Waals surface area contributed by atoms with Crippen molar-refractivity contribution in [3.05, 3.63) is 30.3 Å². The molecule has 1 saturated carbocycles. The minimum atomic E-state index is -0.274. The summed E-state index contributed by atoms with van der Waals surface area (Å²) in [7, 11) is 0. The molecule has 1 saturated heterocycles. The summed E-state index contributed by atoms with van der Waals surface area (Å²) in [5.74, 6) is 1.36. The second-order valence-corrected chi connectivity index (χ2v) is 5.31. The van der Waals surface area contributed by atoms with Gasteiger partial charge in [0.1, 0.15) is 5.75 Å². The number of para-hydroxylation sites is 1. The van der Waals surface area contributed by atoms with Crippen molar-refractivity contribution in [2.45, 2.75) is 25.4 Å². The maximum Gasteiger partial charge on any atom is 0.415 e. The summed E-state index contributed by atoms with van der Waals surface area (Å²) >= 11 is 0. The van der Waals surface area contributed by atoms with Crippen LogP contribution in [0.4, 0.5) is 4.79 Å². The maximum atomic E-state index is 12.0. The van der Waals surface area contributed by atoms with E-state index in [2.05, 4.69) is 0 Å². The second-order valence-electron chi connectivity index (χ2n) is 5.31. The van der Waals surface area contributed by atoms with Gasteiger partial charge in [0.2, 0.25) is 0 Å². The van der Waals surface area contributed by atoms with Gasteiger partial charge in [0.15, 0.2) is 0 Å². The van der Waals surface area contributed by atoms with E-state index in [0.29, 0.717) is 12.3 Å². The normalized spacial score (nSPS) is 22.5. The molecule has 0 aromatic heterocycles. The Labute approximate surface area is 113 Å². The van der Waals surface area contributed by atoms with Gasteiger partial charge in [-0.25, -0.2) is 4.79 Å². The molecule has 1 aliphatic heterocycles. The Bertz CT molecular complexity index is 430. The number of carbonyl (C=O) groups excluding carboxylic acids is 1. The van der Waals surface area contributed by atoms with Crippen LogP contribution >= 0.6 is 0 Å². The number of hydrogen-bond acceptors (Lipinski definition) is 3. The molecule has 1 atom stereocenters. The number of amides is 1. The predicted octanol–water partition coefficient (Wildman–Crippen LogP) is 2.69. The fraction of sp³-hybridized carbons (Fsp3) is 0.533. The standard InChI is InChI=1S/C15H19NO3/c17-15(19-13-4-2-1-3-5-13)16-9-8-14(10-16)18-11-12-6-7-12/h1-5,12,14H,6-11H2/t14-/m0/s1. The first-order valence-corrected chi connectivity index (χ1v) is 6.94. The average molecular weight is 261 g/mol. The minimum Gasteiger partial charge on any atom is -0.410 e. The molecular formula is C15H19NO3. The number of carbonyl (C=O) groups is 1. The molecule has 0 N–H and O–H groups in total. The first-order chi connectivity index (χ1) is 9.31. The third kappa shape index (κ3) is 3.47. The molecule has 0 unspecified atom stereocenters. The summed E-state index contributed by atoms with van der Waals surface area (Å²) in [5, 5.41) is 0. The van der Waals surface area contributed by atoms with Gasteiger partial charge in [0.25, 0.3) is 0 Å². The summed E-state index contributed by atoms with van der Waals surface area (Å²) in [4.78, 5) is 13.7. The molecule has 1 aromatic rings. The van der Waals surface area contributed by atoms with Gasteiger partial charge in [0.05, 0.1) is 12.6 Å². The number of benzene rings is 1. The van der Waals surface area contributed by atoms with Crippen molar-refractivity contribution >= 4 is 6.09 Å². The number of ether oxygens (including phenoxy) is 2. The minimum absolute atomic E-state index is 0.184. The Kier molecular flexibility index (Phi) is 3.69. The molecule has 19 heavy (non-hydrogen) atoms. The zero-order chi connectivity index (χ0) is 13.1. The Morgan fingerprint density at radius 2 is 2.00 bits per heavy atom. The van der Waals surface area contributed by atoms with Gasteiger partial charge < -0.3 is 14.4 Å². The van der Waals surface area contributed by atoms with Crippen molar-refractivity contribution in [3.63, 3.8) is 0 Å². The van der Waals surface area contributed by atoms with Crippen LogP contribution in [-0.4, -0.2) is 36.8 Å². The maximum absolute atomic E-state index is 12.0. The van der Waals surface area contributed by atoms with Gasteiger partial charge in [-0.3, -0.25) is 0 Å². The molecule has 2 aliphatic rings. The molecule has 102 valence electrons. The van der Waals surface area contributed by atoms with Crippen LogP contribution in [0.25, 0.3) is 0 Å². The largest absolute Gasteiger partial charge is 0.415 e. The highest BCUT2D eigenvalue weighted by molar-refractivity contribution is 5.71. The number of likely N-dealkylation sites (tertiary alicyclic amines) is 1. The van der Waals surface area contributed by atoms with Crippen LogP contribution in [0, 0.1) is 5.92 Å². The first kappa shape index (κ1) is 12.5. The van der Waals surface area contributed by atoms with E-state index in [1.54, 1.807) is 17.0 Å². The highest BCUT2D eigenvalue weighted by Crippen LogP contribution is 2.30. The van der Waals surface area contributed by atoms with Gasteiger partial charge in [-0.05, 0) is 37.3 Å². The zero-order valence-corrected chi connectivity index (χ0v) is 11.0. The summed E-state index contributed by atoms with van der Waals surface area (Å²) in [6.45, 7) is 2.23. The van der Waals surface area contributed by atoms with Gasteiger partial charge in [0, 0.05) is 13.2 Å². The van der Waals surface area contributed by atoms with E-state index < -0.39 is 0 Å². The average Bonchev–Trinajstić information content (AvgIpc) is 3.14. The third-order valence-corrected chi connectivity index (χ3v) is 3.62. The molecule has 4 nitrogen and oxygen atoms in total. The lowest BCUT2D eigenvalue weighted by Gasteiger charge is -2.16. The van der Waals surface area contributed by atoms with E-state index in [9.17, 15) is 4.79 Å². The predicted molar refractivity (Wildman–Crippen MR) is 71.1 cm³/mol. The molecule has 0 spiro atoms. The Balaban J connectivity index is 1.45. The van der Waals surface area contributed by atoms with E-state index in [1.165, 1.54) is 12.8 Å². The molecule has 2 fully saturated rings. The van der Waals surface area contributed by atoms with E-state index in [0.717, 1.165) is 25.5 Å². The number of nitrogens with zero attached hydrogens (tertiary/aromatic N) is 1. The van der Waals surface area contributed by atoms with Crippen molar-refractivity contribution in [3.8, 4) is 5.75 Å². The van der Waals surface area contributed by atoms with Crippen molar-refractivity contribution in [1.29, 1.82) is 0 Å². The van der Waals surface area contributed by atoms with Crippen LogP contribution in [0.5, 0.6) is 5.75 Å². The van der Waals surface area contributed by atoms with Gasteiger partial charge in [-0.1, -0.05) is 18.2 Å². The topological polar surface area (TPSA) is 38.8 Å². The lowest BCUT2D eigenvalue weighted by atomic mass is 10.3. The van der Waals surface area contributed by atoms with Gasteiger partial charge in [-0.15, -0.1) is 0 Å². The van der Waals surface area contributed by atoms with E-state index >= 15 is 0 Å². The van der Waals surface area contributed by atoms with Crippen molar-refractivity contribution < 1.29 is 14.3 Å². The van der Waals surface area contributed by atoms with Crippen LogP contribution in [0.15, 0.2) is 30.3 Å². The van der Waals surface area contributed by atoms with Crippen LogP contribution in [-0.2, 0) is 4.74 Å². The molecule has 1 amide bonds. The summed E-state index contributed by atoms with van der Waals surface area (Å²) in [6, 6.07) is 9.18. The Hall–Kier alpha value is -1.55. The molecule has 0 bridgehead atoms. The molecular weight excluding hydrogens is 242 g/mol. The molecule has 1 aliphatic carbocycles. The monoisotopic (exact) mass is 261 g/mol. The van der Waals surface area contributed by atoms with E-state index in [1.807, 2.05) is 18.2 Å². The Morgan fingerprint density at radius 3 is 2.74 bits per heavy atom. The van der Waals surface area contributed by atoms with E-state index in [-0.39, 0.29) is 12.2 Å². The molecule has 0 radical (unpaired) electrons. The van der Waals surface area contributed by atoms with Crippen LogP contribution in [0.2, 0.25) is 0 Å². The second kappa shape index (κ2) is 5.61. The third-order valence-electron chi connectivity index (χ3n) is 3.62. The molecule has 3 rings (SSSR count). The quantitative estimate of drug-likeness (QED) is 0.836. The highest BCUT2D eigenvalue weighted by Gasteiger charge is 2.30.